The van der Waals surface area contributed by atoms with E-state index in [-0.39, 0.29) is 6.61 Å². The fourth-order valence-electron chi connectivity index (χ4n) is 1.73. The van der Waals surface area contributed by atoms with E-state index in [1.165, 1.54) is 5.56 Å². The first kappa shape index (κ1) is 12.6. The van der Waals surface area contributed by atoms with Crippen LogP contribution in [-0.2, 0) is 13.0 Å². The van der Waals surface area contributed by atoms with Crippen molar-refractivity contribution in [1.29, 1.82) is 0 Å². The van der Waals surface area contributed by atoms with Crippen molar-refractivity contribution in [2.24, 2.45) is 0 Å². The van der Waals surface area contributed by atoms with Gasteiger partial charge in [0.25, 0.3) is 0 Å². The van der Waals surface area contributed by atoms with E-state index in [2.05, 4.69) is 18.0 Å². The fraction of sp³-hybridized carbons (Fsp3) is 0.267. The Hall–Kier alpha value is -1.87. The Morgan fingerprint density at radius 3 is 2.83 bits per heavy atom. The molecule has 2 rings (SSSR count). The van der Waals surface area contributed by atoms with E-state index in [4.69, 9.17) is 4.74 Å². The summed E-state index contributed by atoms with van der Waals surface area (Å²) in [6, 6.07) is 9.80. The standard InChI is InChI=1S/C15H17NO2/c1-3-12-5-4-6-14(8-12)18-15-7-11(2)16-9-13(15)10-17/h4-9,17H,3,10H2,1-2H3. The molecule has 0 fully saturated rings. The number of hydrogen-bond donors (Lipinski definition) is 1. The lowest BCUT2D eigenvalue weighted by molar-refractivity contribution is 0.276. The summed E-state index contributed by atoms with van der Waals surface area (Å²) in [5, 5.41) is 9.27. The van der Waals surface area contributed by atoms with Gasteiger partial charge in [0, 0.05) is 23.5 Å². The van der Waals surface area contributed by atoms with Gasteiger partial charge in [0.05, 0.1) is 6.61 Å². The lowest BCUT2D eigenvalue weighted by Gasteiger charge is -2.10. The maximum atomic E-state index is 9.27. The Balaban J connectivity index is 2.29. The van der Waals surface area contributed by atoms with Crippen LogP contribution >= 0.6 is 0 Å². The second-order valence-corrected chi connectivity index (χ2v) is 4.19. The van der Waals surface area contributed by atoms with Gasteiger partial charge in [0.15, 0.2) is 0 Å². The summed E-state index contributed by atoms with van der Waals surface area (Å²) in [6.07, 6.45) is 2.62. The summed E-state index contributed by atoms with van der Waals surface area (Å²) < 4.78 is 5.82. The summed E-state index contributed by atoms with van der Waals surface area (Å²) in [5.41, 5.74) is 2.79. The van der Waals surface area contributed by atoms with Crippen LogP contribution in [0.4, 0.5) is 0 Å². The monoisotopic (exact) mass is 243 g/mol. The third-order valence-corrected chi connectivity index (χ3v) is 2.79. The number of nitrogens with zero attached hydrogens (tertiary/aromatic N) is 1. The minimum Gasteiger partial charge on any atom is -0.457 e. The first-order valence-corrected chi connectivity index (χ1v) is 6.06. The molecule has 0 aliphatic carbocycles. The normalized spacial score (nSPS) is 10.4. The SMILES string of the molecule is CCc1cccc(Oc2cc(C)ncc2CO)c1. The molecule has 2 aromatic rings. The highest BCUT2D eigenvalue weighted by Crippen LogP contribution is 2.26. The lowest BCUT2D eigenvalue weighted by Crippen LogP contribution is -1.95. The van der Waals surface area contributed by atoms with Crippen molar-refractivity contribution in [2.45, 2.75) is 26.9 Å². The summed E-state index contributed by atoms with van der Waals surface area (Å²) in [4.78, 5) is 4.15. The number of rotatable bonds is 4. The van der Waals surface area contributed by atoms with E-state index in [0.29, 0.717) is 11.3 Å². The largest absolute Gasteiger partial charge is 0.457 e. The summed E-state index contributed by atoms with van der Waals surface area (Å²) >= 11 is 0. The maximum absolute atomic E-state index is 9.27. The van der Waals surface area contributed by atoms with Crippen LogP contribution in [0, 0.1) is 6.92 Å². The van der Waals surface area contributed by atoms with Gasteiger partial charge in [-0.15, -0.1) is 0 Å². The summed E-state index contributed by atoms with van der Waals surface area (Å²) in [5.74, 6) is 1.45. The molecule has 3 heteroatoms. The van der Waals surface area contributed by atoms with Crippen LogP contribution < -0.4 is 4.74 Å². The number of aliphatic hydroxyl groups excluding tert-OH is 1. The molecule has 0 bridgehead atoms. The molecule has 0 spiro atoms. The number of aliphatic hydroxyl groups is 1. The molecule has 1 aromatic heterocycles. The fourth-order valence-corrected chi connectivity index (χ4v) is 1.73. The van der Waals surface area contributed by atoms with Crippen molar-refractivity contribution in [2.75, 3.05) is 0 Å². The van der Waals surface area contributed by atoms with Gasteiger partial charge in [-0.3, -0.25) is 4.98 Å². The van der Waals surface area contributed by atoms with E-state index in [0.717, 1.165) is 17.9 Å². The van der Waals surface area contributed by atoms with E-state index in [9.17, 15) is 5.11 Å². The second-order valence-electron chi connectivity index (χ2n) is 4.19. The van der Waals surface area contributed by atoms with Gasteiger partial charge in [-0.25, -0.2) is 0 Å². The Morgan fingerprint density at radius 2 is 2.11 bits per heavy atom. The molecule has 0 saturated carbocycles. The van der Waals surface area contributed by atoms with Crippen molar-refractivity contribution in [3.05, 3.63) is 53.3 Å². The Bertz CT molecular complexity index is 538. The molecule has 1 heterocycles. The third-order valence-electron chi connectivity index (χ3n) is 2.79. The van der Waals surface area contributed by atoms with Crippen LogP contribution in [-0.4, -0.2) is 10.1 Å². The molecule has 94 valence electrons. The molecule has 0 aliphatic rings. The van der Waals surface area contributed by atoms with Gasteiger partial charge in [0.1, 0.15) is 11.5 Å². The molecule has 0 radical (unpaired) electrons. The molecule has 0 atom stereocenters. The van der Waals surface area contributed by atoms with Crippen LogP contribution in [0.15, 0.2) is 36.5 Å². The van der Waals surface area contributed by atoms with Crippen LogP contribution in [0.2, 0.25) is 0 Å². The zero-order valence-electron chi connectivity index (χ0n) is 10.7. The first-order chi connectivity index (χ1) is 8.72. The predicted molar refractivity (Wildman–Crippen MR) is 70.8 cm³/mol. The smallest absolute Gasteiger partial charge is 0.136 e. The van der Waals surface area contributed by atoms with Gasteiger partial charge >= 0.3 is 0 Å². The summed E-state index contributed by atoms with van der Waals surface area (Å²) in [6.45, 7) is 3.93. The molecule has 0 saturated heterocycles. The number of ether oxygens (including phenoxy) is 1. The average molecular weight is 243 g/mol. The molecule has 3 nitrogen and oxygen atoms in total. The molecular formula is C15H17NO2. The maximum Gasteiger partial charge on any atom is 0.136 e. The number of aryl methyl sites for hydroxylation is 2. The van der Waals surface area contributed by atoms with Crippen molar-refractivity contribution >= 4 is 0 Å². The van der Waals surface area contributed by atoms with Gasteiger partial charge in [-0.1, -0.05) is 19.1 Å². The van der Waals surface area contributed by atoms with Gasteiger partial charge < -0.3 is 9.84 Å². The molecular weight excluding hydrogens is 226 g/mol. The number of hydrogen-bond acceptors (Lipinski definition) is 3. The quantitative estimate of drug-likeness (QED) is 0.896. The minimum absolute atomic E-state index is 0.0733. The first-order valence-electron chi connectivity index (χ1n) is 6.06. The predicted octanol–water partition coefficient (Wildman–Crippen LogP) is 3.24. The van der Waals surface area contributed by atoms with E-state index in [1.54, 1.807) is 6.20 Å². The van der Waals surface area contributed by atoms with E-state index < -0.39 is 0 Å². The van der Waals surface area contributed by atoms with Crippen molar-refractivity contribution in [3.8, 4) is 11.5 Å². The summed E-state index contributed by atoms with van der Waals surface area (Å²) in [7, 11) is 0. The van der Waals surface area contributed by atoms with E-state index >= 15 is 0 Å². The van der Waals surface area contributed by atoms with Crippen LogP contribution in [0.25, 0.3) is 0 Å². The highest BCUT2D eigenvalue weighted by atomic mass is 16.5. The number of aromatic nitrogens is 1. The van der Waals surface area contributed by atoms with Crippen molar-refractivity contribution in [1.82, 2.24) is 4.98 Å². The highest BCUT2D eigenvalue weighted by molar-refractivity contribution is 5.38. The third kappa shape index (κ3) is 2.87. The van der Waals surface area contributed by atoms with Crippen molar-refractivity contribution in [3.63, 3.8) is 0 Å². The average Bonchev–Trinajstić information content (AvgIpc) is 2.39. The van der Waals surface area contributed by atoms with E-state index in [1.807, 2.05) is 31.2 Å². The van der Waals surface area contributed by atoms with Crippen molar-refractivity contribution < 1.29 is 9.84 Å². The van der Waals surface area contributed by atoms with Crippen LogP contribution in [0.1, 0.15) is 23.7 Å². The zero-order valence-corrected chi connectivity index (χ0v) is 10.7. The van der Waals surface area contributed by atoms with Gasteiger partial charge in [-0.2, -0.15) is 0 Å². The van der Waals surface area contributed by atoms with Gasteiger partial charge in [-0.05, 0) is 31.0 Å². The molecule has 0 unspecified atom stereocenters. The van der Waals surface area contributed by atoms with Crippen LogP contribution in [0.3, 0.4) is 0 Å². The van der Waals surface area contributed by atoms with Crippen LogP contribution in [0.5, 0.6) is 11.5 Å². The molecule has 1 aromatic carbocycles. The Kier molecular flexibility index (Phi) is 3.95. The lowest BCUT2D eigenvalue weighted by atomic mass is 10.1. The molecule has 1 N–H and O–H groups in total. The Morgan fingerprint density at radius 1 is 1.28 bits per heavy atom. The molecule has 0 amide bonds. The minimum atomic E-state index is -0.0733. The number of benzene rings is 1. The Labute approximate surface area is 107 Å². The molecule has 18 heavy (non-hydrogen) atoms. The number of pyridine rings is 1. The topological polar surface area (TPSA) is 42.4 Å². The zero-order chi connectivity index (χ0) is 13.0. The molecule has 0 aliphatic heterocycles. The highest BCUT2D eigenvalue weighted by Gasteiger charge is 2.06. The van der Waals surface area contributed by atoms with Gasteiger partial charge in [0.2, 0.25) is 0 Å². The second kappa shape index (κ2) is 5.65.